The summed E-state index contributed by atoms with van der Waals surface area (Å²) in [6.07, 6.45) is 3.35. The van der Waals surface area contributed by atoms with Gasteiger partial charge in [-0.1, -0.05) is 19.1 Å². The van der Waals surface area contributed by atoms with Crippen LogP contribution in [0.25, 0.3) is 11.0 Å². The first kappa shape index (κ1) is 32.9. The molecule has 7 rings (SSSR count). The van der Waals surface area contributed by atoms with Crippen molar-refractivity contribution in [1.82, 2.24) is 23.5 Å². The van der Waals surface area contributed by atoms with Crippen LogP contribution in [0.15, 0.2) is 68.0 Å². The van der Waals surface area contributed by atoms with Crippen LogP contribution in [0.1, 0.15) is 43.5 Å². The van der Waals surface area contributed by atoms with E-state index in [1.807, 2.05) is 6.08 Å². The van der Waals surface area contributed by atoms with Crippen LogP contribution in [0.2, 0.25) is 0 Å². The Bertz CT molecular complexity index is 2380. The van der Waals surface area contributed by atoms with Gasteiger partial charge in [0.15, 0.2) is 34.6 Å². The maximum absolute atomic E-state index is 14.2. The Morgan fingerprint density at radius 2 is 1.66 bits per heavy atom. The molecule has 0 saturated heterocycles. The lowest BCUT2D eigenvalue weighted by Crippen LogP contribution is -2.54. The number of aryl methyl sites for hydroxylation is 2. The number of benzene rings is 2. The van der Waals surface area contributed by atoms with Crippen molar-refractivity contribution < 1.29 is 28.9 Å². The number of ether oxygens (including phenoxy) is 3. The van der Waals surface area contributed by atoms with Crippen molar-refractivity contribution in [2.24, 2.45) is 18.4 Å². The third-order valence-corrected chi connectivity index (χ3v) is 10.7. The number of ketones is 2. The minimum atomic E-state index is -1.19. The zero-order valence-electron chi connectivity index (χ0n) is 28.6. The molecule has 1 saturated carbocycles. The normalized spacial score (nSPS) is 22.7. The maximum Gasteiger partial charge on any atom is 0.347 e. The molecule has 2 aliphatic carbocycles. The summed E-state index contributed by atoms with van der Waals surface area (Å²) >= 11 is 0. The van der Waals surface area contributed by atoms with E-state index >= 15 is 0 Å². The van der Waals surface area contributed by atoms with E-state index in [-0.39, 0.29) is 60.2 Å². The molecule has 1 fully saturated rings. The average molecular weight is 684 g/mol. The van der Waals surface area contributed by atoms with Gasteiger partial charge in [-0.05, 0) is 48.3 Å². The van der Waals surface area contributed by atoms with Gasteiger partial charge in [0.1, 0.15) is 5.69 Å². The number of fused-ring (bicyclic) bond motifs is 5. The Kier molecular flexibility index (Phi) is 7.72. The molecule has 14 heteroatoms. The topological polar surface area (TPSA) is 166 Å². The van der Waals surface area contributed by atoms with E-state index < -0.39 is 34.7 Å². The van der Waals surface area contributed by atoms with Crippen molar-refractivity contribution >= 4 is 22.6 Å². The van der Waals surface area contributed by atoms with Crippen molar-refractivity contribution in [3.8, 4) is 23.0 Å². The van der Waals surface area contributed by atoms with Crippen molar-refractivity contribution in [1.29, 1.82) is 0 Å². The number of phenolic OH excluding ortho intramolecular Hbond substituents is 1. The molecule has 2 aromatic heterocycles. The summed E-state index contributed by atoms with van der Waals surface area (Å²) in [5.41, 5.74) is 0.145. The summed E-state index contributed by atoms with van der Waals surface area (Å²) in [7, 11) is 6.03. The monoisotopic (exact) mass is 683 g/mol. The molecule has 3 heterocycles. The summed E-state index contributed by atoms with van der Waals surface area (Å²) in [4.78, 5) is 73.5. The molecule has 0 amide bonds. The third-order valence-electron chi connectivity index (χ3n) is 10.7. The molecule has 4 aromatic rings. The number of allylic oxidation sites excluding steroid dienone is 4. The number of aromatic nitrogens is 5. The van der Waals surface area contributed by atoms with Crippen molar-refractivity contribution in [2.75, 3.05) is 21.3 Å². The number of phenols is 1. The van der Waals surface area contributed by atoms with Crippen LogP contribution in [0.4, 0.5) is 0 Å². The van der Waals surface area contributed by atoms with Crippen molar-refractivity contribution in [3.05, 3.63) is 96.2 Å². The molecule has 0 bridgehead atoms. The molecule has 1 aliphatic heterocycles. The van der Waals surface area contributed by atoms with Crippen LogP contribution < -0.4 is 31.1 Å². The van der Waals surface area contributed by atoms with E-state index in [1.54, 1.807) is 45.2 Å². The van der Waals surface area contributed by atoms with Gasteiger partial charge in [0.2, 0.25) is 0 Å². The Labute approximate surface area is 285 Å². The minimum absolute atomic E-state index is 0.00520. The second kappa shape index (κ2) is 11.7. The van der Waals surface area contributed by atoms with Gasteiger partial charge in [-0.2, -0.15) is 0 Å². The molecular formula is C36H37N5O9. The Morgan fingerprint density at radius 1 is 0.960 bits per heavy atom. The van der Waals surface area contributed by atoms with Gasteiger partial charge in [-0.15, -0.1) is 0 Å². The maximum atomic E-state index is 14.2. The Hall–Kier alpha value is -5.66. The van der Waals surface area contributed by atoms with Gasteiger partial charge in [0.25, 0.3) is 5.56 Å². The molecule has 14 nitrogen and oxygen atoms in total. The number of hydrogen-bond donors (Lipinski definition) is 1. The predicted molar refractivity (Wildman–Crippen MR) is 181 cm³/mol. The molecule has 0 spiro atoms. The molecule has 50 heavy (non-hydrogen) atoms. The molecule has 260 valence electrons. The minimum Gasteiger partial charge on any atom is -0.504 e. The zero-order chi connectivity index (χ0) is 35.8. The van der Waals surface area contributed by atoms with Crippen molar-refractivity contribution in [3.63, 3.8) is 0 Å². The fraction of sp³-hybridized carbons (Fsp3) is 0.389. The number of methoxy groups -OCH3 is 3. The lowest BCUT2D eigenvalue weighted by Gasteiger charge is -2.52. The molecule has 0 unspecified atom stereocenters. The molecule has 1 N–H and O–H groups in total. The van der Waals surface area contributed by atoms with E-state index in [1.165, 1.54) is 47.4 Å². The Balaban J connectivity index is 1.30. The zero-order valence-corrected chi connectivity index (χ0v) is 28.6. The highest BCUT2D eigenvalue weighted by molar-refractivity contribution is 6.13. The molecule has 4 atom stereocenters. The molecular weight excluding hydrogens is 646 g/mol. The van der Waals surface area contributed by atoms with Crippen LogP contribution in [0, 0.1) is 11.3 Å². The number of carbonyl (C=O) groups is 2. The lowest BCUT2D eigenvalue weighted by molar-refractivity contribution is -0.139. The number of Topliss-reactive ketones (excluding diaryl/α,β-unsaturated/α-hetero) is 1. The Morgan fingerprint density at radius 3 is 2.36 bits per heavy atom. The second-order valence-corrected chi connectivity index (χ2v) is 13.2. The first-order valence-electron chi connectivity index (χ1n) is 16.2. The highest BCUT2D eigenvalue weighted by Crippen LogP contribution is 2.60. The fourth-order valence-corrected chi connectivity index (χ4v) is 8.24. The van der Waals surface area contributed by atoms with E-state index in [2.05, 4.69) is 4.98 Å². The summed E-state index contributed by atoms with van der Waals surface area (Å²) in [5.74, 6) is -0.853. The van der Waals surface area contributed by atoms with Gasteiger partial charge in [-0.3, -0.25) is 14.4 Å². The van der Waals surface area contributed by atoms with Crippen LogP contribution in [-0.2, 0) is 36.1 Å². The van der Waals surface area contributed by atoms with Crippen LogP contribution in [-0.4, -0.2) is 61.5 Å². The molecule has 3 aliphatic rings. The second-order valence-electron chi connectivity index (χ2n) is 13.2. The first-order chi connectivity index (χ1) is 23.8. The third kappa shape index (κ3) is 4.61. The standard InChI is InChI=1S/C36H37N5O9/c1-18-13-27(43)21-15-24-20(31(36(21,2)32(18)44)19-7-8-26(42)28(14-19)48-4)9-12-40-34(46)39(35(47)41(24)40)11-10-22-33(45)38(3)25-17-30(50-6)29(49-5)16-23(25)37-22/h7-9,13-14,16-17,21,24,31,42H,10-12,15H2,1-6H3/t21-,24+,31-,36+/m0/s1. The first-order valence-corrected chi connectivity index (χ1v) is 16.2. The quantitative estimate of drug-likeness (QED) is 0.286. The van der Waals surface area contributed by atoms with Crippen LogP contribution in [0.3, 0.4) is 0 Å². The van der Waals surface area contributed by atoms with Gasteiger partial charge in [0.05, 0.1) is 50.4 Å². The summed E-state index contributed by atoms with van der Waals surface area (Å²) < 4.78 is 21.4. The summed E-state index contributed by atoms with van der Waals surface area (Å²) in [5, 5.41) is 10.4. The van der Waals surface area contributed by atoms with Gasteiger partial charge in [-0.25, -0.2) is 28.5 Å². The summed E-state index contributed by atoms with van der Waals surface area (Å²) in [6, 6.07) is 7.42. The highest BCUT2D eigenvalue weighted by Gasteiger charge is 2.59. The number of carbonyl (C=O) groups excluding carboxylic acids is 2. The SMILES string of the molecule is COc1cc([C@H]2C3=CCn4c(=O)n(CCc5nc6cc(OC)c(OC)cc6n(C)c5=O)c(=O)n4[C@@H]3C[C@H]3C(=O)C=C(C)C(=O)[C@@]23C)ccc1O. The predicted octanol–water partition coefficient (Wildman–Crippen LogP) is 2.42. The number of aromatic hydroxyl groups is 1. The van der Waals surface area contributed by atoms with Gasteiger partial charge >= 0.3 is 11.4 Å². The highest BCUT2D eigenvalue weighted by atomic mass is 16.5. The van der Waals surface area contributed by atoms with E-state index in [4.69, 9.17) is 14.2 Å². The van der Waals surface area contributed by atoms with Crippen LogP contribution >= 0.6 is 0 Å². The largest absolute Gasteiger partial charge is 0.504 e. The smallest absolute Gasteiger partial charge is 0.347 e. The van der Waals surface area contributed by atoms with Crippen LogP contribution in [0.5, 0.6) is 23.0 Å². The van der Waals surface area contributed by atoms with Crippen molar-refractivity contribution in [2.45, 2.75) is 51.7 Å². The number of nitrogens with zero attached hydrogens (tertiary/aromatic N) is 5. The van der Waals surface area contributed by atoms with E-state index in [9.17, 15) is 29.1 Å². The van der Waals surface area contributed by atoms with E-state index in [0.717, 1.165) is 10.1 Å². The number of rotatable bonds is 7. The van der Waals surface area contributed by atoms with Gasteiger partial charge in [0, 0.05) is 44.0 Å². The summed E-state index contributed by atoms with van der Waals surface area (Å²) in [6.45, 7) is 3.35. The van der Waals surface area contributed by atoms with E-state index in [0.29, 0.717) is 33.7 Å². The molecule has 2 aromatic carbocycles. The number of hydrogen-bond acceptors (Lipinski definition) is 10. The fourth-order valence-electron chi connectivity index (χ4n) is 8.24. The lowest BCUT2D eigenvalue weighted by atomic mass is 9.51. The molecule has 0 radical (unpaired) electrons. The van der Waals surface area contributed by atoms with Gasteiger partial charge < -0.3 is 23.9 Å². The average Bonchev–Trinajstić information content (AvgIpc) is 3.35.